The fourth-order valence-corrected chi connectivity index (χ4v) is 3.67. The van der Waals surface area contributed by atoms with Crippen LogP contribution in [-0.2, 0) is 16.4 Å². The summed E-state index contributed by atoms with van der Waals surface area (Å²) in [5.41, 5.74) is 1.56. The monoisotopic (exact) mass is 405 g/mol. The van der Waals surface area contributed by atoms with E-state index in [4.69, 9.17) is 4.74 Å². The normalized spacial score (nSPS) is 11.1. The summed E-state index contributed by atoms with van der Waals surface area (Å²) >= 11 is 0. The van der Waals surface area contributed by atoms with E-state index < -0.39 is 10.0 Å². The van der Waals surface area contributed by atoms with Gasteiger partial charge in [-0.3, -0.25) is 0 Å². The molecular weight excluding hydrogens is 378 g/mol. The lowest BCUT2D eigenvalue weighted by atomic mass is 10.1. The van der Waals surface area contributed by atoms with Gasteiger partial charge in [-0.05, 0) is 62.2 Å². The molecule has 0 saturated heterocycles. The summed E-state index contributed by atoms with van der Waals surface area (Å²) in [5, 5.41) is 2.76. The smallest absolute Gasteiger partial charge is 0.321 e. The SMILES string of the molecule is CCN(CC)C(=O)Nc1ccc(S(=O)(=O)NCCc2ccc(OC)cc2)cc1. The van der Waals surface area contributed by atoms with Crippen molar-refractivity contribution in [1.82, 2.24) is 9.62 Å². The van der Waals surface area contributed by atoms with Crippen LogP contribution in [0.3, 0.4) is 0 Å². The molecule has 152 valence electrons. The van der Waals surface area contributed by atoms with Crippen LogP contribution in [0.1, 0.15) is 19.4 Å². The summed E-state index contributed by atoms with van der Waals surface area (Å²) in [4.78, 5) is 13.8. The number of ether oxygens (including phenoxy) is 1. The molecule has 0 radical (unpaired) electrons. The fraction of sp³-hybridized carbons (Fsp3) is 0.350. The molecule has 0 aliphatic heterocycles. The third kappa shape index (κ3) is 5.97. The second kappa shape index (κ2) is 10.1. The Morgan fingerprint density at radius 3 is 2.14 bits per heavy atom. The maximum absolute atomic E-state index is 12.4. The Bertz CT molecular complexity index is 861. The van der Waals surface area contributed by atoms with Crippen LogP contribution < -0.4 is 14.8 Å². The zero-order valence-electron chi connectivity index (χ0n) is 16.4. The van der Waals surface area contributed by atoms with Gasteiger partial charge >= 0.3 is 6.03 Å². The van der Waals surface area contributed by atoms with Crippen LogP contribution in [0.25, 0.3) is 0 Å². The van der Waals surface area contributed by atoms with Crippen molar-refractivity contribution in [3.63, 3.8) is 0 Å². The van der Waals surface area contributed by atoms with Crippen LogP contribution >= 0.6 is 0 Å². The number of hydrogen-bond donors (Lipinski definition) is 2. The Morgan fingerprint density at radius 2 is 1.61 bits per heavy atom. The first-order valence-electron chi connectivity index (χ1n) is 9.18. The van der Waals surface area contributed by atoms with Crippen LogP contribution in [-0.4, -0.2) is 46.1 Å². The zero-order chi connectivity index (χ0) is 20.6. The van der Waals surface area contributed by atoms with Gasteiger partial charge in [-0.25, -0.2) is 17.9 Å². The largest absolute Gasteiger partial charge is 0.497 e. The van der Waals surface area contributed by atoms with Crippen LogP contribution in [0, 0.1) is 0 Å². The van der Waals surface area contributed by atoms with Gasteiger partial charge in [0.15, 0.2) is 0 Å². The highest BCUT2D eigenvalue weighted by Gasteiger charge is 2.14. The number of sulfonamides is 1. The molecule has 0 heterocycles. The first-order valence-corrected chi connectivity index (χ1v) is 10.7. The van der Waals surface area contributed by atoms with Crippen LogP contribution in [0.5, 0.6) is 5.75 Å². The number of carbonyl (C=O) groups excluding carboxylic acids is 1. The number of hydrogen-bond acceptors (Lipinski definition) is 4. The topological polar surface area (TPSA) is 87.7 Å². The van der Waals surface area contributed by atoms with E-state index in [2.05, 4.69) is 10.0 Å². The van der Waals surface area contributed by atoms with Crippen molar-refractivity contribution in [2.24, 2.45) is 0 Å². The zero-order valence-corrected chi connectivity index (χ0v) is 17.3. The summed E-state index contributed by atoms with van der Waals surface area (Å²) in [7, 11) is -2.01. The van der Waals surface area contributed by atoms with Crippen molar-refractivity contribution >= 4 is 21.7 Å². The van der Waals surface area contributed by atoms with Gasteiger partial charge in [0, 0.05) is 25.3 Å². The minimum atomic E-state index is -3.61. The quantitative estimate of drug-likeness (QED) is 0.671. The molecule has 2 amide bonds. The van der Waals surface area contributed by atoms with Gasteiger partial charge in [-0.1, -0.05) is 12.1 Å². The van der Waals surface area contributed by atoms with E-state index in [-0.39, 0.29) is 17.5 Å². The number of carbonyl (C=O) groups is 1. The molecule has 0 aromatic heterocycles. The van der Waals surface area contributed by atoms with Gasteiger partial charge < -0.3 is 15.0 Å². The molecule has 2 N–H and O–H groups in total. The summed E-state index contributed by atoms with van der Waals surface area (Å²) in [6.45, 7) is 5.29. The number of amides is 2. The molecule has 7 nitrogen and oxygen atoms in total. The van der Waals surface area contributed by atoms with Gasteiger partial charge in [0.25, 0.3) is 0 Å². The number of rotatable bonds is 9. The van der Waals surface area contributed by atoms with E-state index in [0.29, 0.717) is 25.2 Å². The molecule has 0 saturated carbocycles. The second-order valence-corrected chi connectivity index (χ2v) is 7.89. The highest BCUT2D eigenvalue weighted by molar-refractivity contribution is 7.89. The number of methoxy groups -OCH3 is 1. The number of urea groups is 1. The molecular formula is C20H27N3O4S. The Hall–Kier alpha value is -2.58. The molecule has 0 atom stereocenters. The lowest BCUT2D eigenvalue weighted by Crippen LogP contribution is -2.34. The second-order valence-electron chi connectivity index (χ2n) is 6.12. The predicted octanol–water partition coefficient (Wildman–Crippen LogP) is 3.09. The van der Waals surface area contributed by atoms with E-state index in [1.54, 1.807) is 24.1 Å². The lowest BCUT2D eigenvalue weighted by molar-refractivity contribution is 0.217. The molecule has 0 fully saturated rings. The van der Waals surface area contributed by atoms with Gasteiger partial charge in [0.1, 0.15) is 5.75 Å². The third-order valence-electron chi connectivity index (χ3n) is 4.33. The maximum atomic E-state index is 12.4. The number of anilines is 1. The average molecular weight is 406 g/mol. The van der Waals surface area contributed by atoms with Gasteiger partial charge in [0.2, 0.25) is 10.0 Å². The minimum Gasteiger partial charge on any atom is -0.497 e. The van der Waals surface area contributed by atoms with Crippen molar-refractivity contribution in [3.8, 4) is 5.75 Å². The molecule has 0 unspecified atom stereocenters. The maximum Gasteiger partial charge on any atom is 0.321 e. The highest BCUT2D eigenvalue weighted by atomic mass is 32.2. The molecule has 2 aromatic carbocycles. The number of nitrogens with zero attached hydrogens (tertiary/aromatic N) is 1. The van der Waals surface area contributed by atoms with Crippen LogP contribution in [0.15, 0.2) is 53.4 Å². The van der Waals surface area contributed by atoms with E-state index in [1.165, 1.54) is 12.1 Å². The molecule has 2 rings (SSSR count). The number of benzene rings is 2. The summed E-state index contributed by atoms with van der Waals surface area (Å²) in [5.74, 6) is 0.762. The Labute approximate surface area is 166 Å². The van der Waals surface area contributed by atoms with Gasteiger partial charge in [-0.2, -0.15) is 0 Å². The first-order chi connectivity index (χ1) is 13.4. The van der Waals surface area contributed by atoms with E-state index in [9.17, 15) is 13.2 Å². The van der Waals surface area contributed by atoms with Crippen molar-refractivity contribution in [3.05, 3.63) is 54.1 Å². The highest BCUT2D eigenvalue weighted by Crippen LogP contribution is 2.15. The predicted molar refractivity (Wildman–Crippen MR) is 110 cm³/mol. The Morgan fingerprint density at radius 1 is 1.00 bits per heavy atom. The number of nitrogens with one attached hydrogen (secondary N) is 2. The lowest BCUT2D eigenvalue weighted by Gasteiger charge is -2.19. The molecule has 28 heavy (non-hydrogen) atoms. The average Bonchev–Trinajstić information content (AvgIpc) is 2.70. The van der Waals surface area contributed by atoms with Gasteiger partial charge in [-0.15, -0.1) is 0 Å². The molecule has 0 bridgehead atoms. The third-order valence-corrected chi connectivity index (χ3v) is 5.81. The van der Waals surface area contributed by atoms with Crippen molar-refractivity contribution in [2.75, 3.05) is 32.1 Å². The Balaban J connectivity index is 1.92. The van der Waals surface area contributed by atoms with E-state index >= 15 is 0 Å². The minimum absolute atomic E-state index is 0.156. The van der Waals surface area contributed by atoms with Crippen LogP contribution in [0.2, 0.25) is 0 Å². The fourth-order valence-electron chi connectivity index (χ4n) is 2.64. The Kier molecular flexibility index (Phi) is 7.83. The molecule has 0 spiro atoms. The van der Waals surface area contributed by atoms with Gasteiger partial charge in [0.05, 0.1) is 12.0 Å². The van der Waals surface area contributed by atoms with Crippen molar-refractivity contribution < 1.29 is 17.9 Å². The summed E-state index contributed by atoms with van der Waals surface area (Å²) < 4.78 is 32.6. The molecule has 8 heteroatoms. The first kappa shape index (κ1) is 21.7. The summed E-state index contributed by atoms with van der Waals surface area (Å²) in [6.07, 6.45) is 0.571. The summed E-state index contributed by atoms with van der Waals surface area (Å²) in [6, 6.07) is 13.4. The van der Waals surface area contributed by atoms with E-state index in [1.807, 2.05) is 38.1 Å². The van der Waals surface area contributed by atoms with Crippen molar-refractivity contribution in [1.29, 1.82) is 0 Å². The molecule has 0 aliphatic rings. The van der Waals surface area contributed by atoms with E-state index in [0.717, 1.165) is 11.3 Å². The molecule has 0 aliphatic carbocycles. The van der Waals surface area contributed by atoms with Crippen molar-refractivity contribution in [2.45, 2.75) is 25.2 Å². The van der Waals surface area contributed by atoms with Crippen LogP contribution in [0.4, 0.5) is 10.5 Å². The standard InChI is InChI=1S/C20H27N3O4S/c1-4-23(5-2)20(24)22-17-8-12-19(13-9-17)28(25,26)21-15-14-16-6-10-18(27-3)11-7-16/h6-13,21H,4-5,14-15H2,1-3H3,(H,22,24). The molecule has 2 aromatic rings.